The Kier molecular flexibility index (Phi) is 8.57. The molecule has 11 heteroatoms. The molecule has 1 amide bonds. The van der Waals surface area contributed by atoms with Gasteiger partial charge in [0.1, 0.15) is 0 Å². The summed E-state index contributed by atoms with van der Waals surface area (Å²) in [6.45, 7) is -0.757. The van der Waals surface area contributed by atoms with E-state index in [4.69, 9.17) is 39.5 Å². The number of anilines is 1. The Morgan fingerprint density at radius 1 is 0.941 bits per heavy atom. The van der Waals surface area contributed by atoms with Crippen LogP contribution in [0.4, 0.5) is 5.69 Å². The molecule has 0 saturated carbocycles. The Morgan fingerprint density at radius 3 is 2.24 bits per heavy atom. The highest BCUT2D eigenvalue weighted by Gasteiger charge is 2.28. The van der Waals surface area contributed by atoms with Gasteiger partial charge in [-0.3, -0.25) is 4.79 Å². The largest absolute Gasteiger partial charge is 0.465 e. The standard InChI is InChI=1S/C23H19Cl3N2O5S/c1-33-23(30)19-4-2-3-5-21(19)27-22(29)14-28(13-15-6-7-17(25)12-20(15)26)34(31,32)18-10-8-16(24)9-11-18/h2-12H,13-14H2,1H3,(H,27,29). The predicted octanol–water partition coefficient (Wildman–Crippen LogP) is 5.26. The Hall–Kier alpha value is -2.62. The SMILES string of the molecule is COC(=O)c1ccccc1NC(=O)CN(Cc1ccc(Cl)cc1Cl)S(=O)(=O)c1ccc(Cl)cc1. The average Bonchev–Trinajstić information content (AvgIpc) is 2.80. The zero-order valence-corrected chi connectivity index (χ0v) is 20.9. The predicted molar refractivity (Wildman–Crippen MR) is 132 cm³/mol. The van der Waals surface area contributed by atoms with E-state index in [1.54, 1.807) is 24.3 Å². The third-order valence-electron chi connectivity index (χ3n) is 4.74. The molecule has 3 aromatic carbocycles. The number of esters is 1. The molecule has 0 atom stereocenters. The van der Waals surface area contributed by atoms with Gasteiger partial charge in [0, 0.05) is 21.6 Å². The van der Waals surface area contributed by atoms with Crippen molar-refractivity contribution >= 4 is 62.4 Å². The number of ether oxygens (including phenoxy) is 1. The molecule has 3 rings (SSSR count). The molecule has 178 valence electrons. The van der Waals surface area contributed by atoms with Gasteiger partial charge in [-0.25, -0.2) is 13.2 Å². The molecule has 0 bridgehead atoms. The summed E-state index contributed by atoms with van der Waals surface area (Å²) >= 11 is 18.1. The molecule has 3 aromatic rings. The van der Waals surface area contributed by atoms with Gasteiger partial charge in [0.25, 0.3) is 0 Å². The summed E-state index contributed by atoms with van der Waals surface area (Å²) in [6, 6.07) is 16.4. The monoisotopic (exact) mass is 540 g/mol. The first-order valence-corrected chi connectivity index (χ1v) is 12.4. The van der Waals surface area contributed by atoms with Crippen molar-refractivity contribution in [3.8, 4) is 0 Å². The number of methoxy groups -OCH3 is 1. The maximum absolute atomic E-state index is 13.4. The summed E-state index contributed by atoms with van der Waals surface area (Å²) in [5.74, 6) is -1.31. The van der Waals surface area contributed by atoms with Crippen LogP contribution in [0.2, 0.25) is 15.1 Å². The second-order valence-corrected chi connectivity index (χ2v) is 10.3. The molecular formula is C23H19Cl3N2O5S. The van der Waals surface area contributed by atoms with E-state index in [0.717, 1.165) is 4.31 Å². The number of halogens is 3. The molecule has 0 aliphatic heterocycles. The molecule has 0 heterocycles. The summed E-state index contributed by atoms with van der Waals surface area (Å²) in [5, 5.41) is 3.58. The van der Waals surface area contributed by atoms with E-state index in [9.17, 15) is 18.0 Å². The van der Waals surface area contributed by atoms with E-state index in [-0.39, 0.29) is 27.7 Å². The topological polar surface area (TPSA) is 92.8 Å². The molecule has 0 saturated heterocycles. The number of sulfonamides is 1. The number of carbonyl (C=O) groups excluding carboxylic acids is 2. The minimum absolute atomic E-state index is 0.0512. The van der Waals surface area contributed by atoms with E-state index in [2.05, 4.69) is 5.32 Å². The van der Waals surface area contributed by atoms with Crippen LogP contribution < -0.4 is 5.32 Å². The fraction of sp³-hybridized carbons (Fsp3) is 0.130. The summed E-state index contributed by atoms with van der Waals surface area (Å²) in [6.07, 6.45) is 0. The number of nitrogens with one attached hydrogen (secondary N) is 1. The molecule has 34 heavy (non-hydrogen) atoms. The maximum atomic E-state index is 13.4. The third-order valence-corrected chi connectivity index (χ3v) is 7.38. The van der Waals surface area contributed by atoms with Crippen molar-refractivity contribution in [3.63, 3.8) is 0 Å². The van der Waals surface area contributed by atoms with Gasteiger partial charge >= 0.3 is 5.97 Å². The molecule has 0 spiro atoms. The summed E-state index contributed by atoms with van der Waals surface area (Å²) in [7, 11) is -2.91. The van der Waals surface area contributed by atoms with Crippen LogP contribution in [0, 0.1) is 0 Å². The Balaban J connectivity index is 1.93. The fourth-order valence-corrected chi connectivity index (χ4v) is 5.02. The molecule has 0 radical (unpaired) electrons. The van der Waals surface area contributed by atoms with E-state index < -0.39 is 28.4 Å². The second kappa shape index (κ2) is 11.2. The molecule has 0 aliphatic carbocycles. The van der Waals surface area contributed by atoms with Gasteiger partial charge in [-0.15, -0.1) is 0 Å². The van der Waals surface area contributed by atoms with Crippen molar-refractivity contribution in [2.24, 2.45) is 0 Å². The molecular weight excluding hydrogens is 523 g/mol. The minimum atomic E-state index is -4.13. The zero-order chi connectivity index (χ0) is 24.9. The van der Waals surface area contributed by atoms with Crippen molar-refractivity contribution in [2.45, 2.75) is 11.4 Å². The number of rotatable bonds is 8. The third kappa shape index (κ3) is 6.28. The van der Waals surface area contributed by atoms with Gasteiger partial charge in [0.2, 0.25) is 15.9 Å². The number of amides is 1. The lowest BCUT2D eigenvalue weighted by molar-refractivity contribution is -0.116. The van der Waals surface area contributed by atoms with Crippen molar-refractivity contribution in [1.29, 1.82) is 0 Å². The molecule has 0 fully saturated rings. The second-order valence-electron chi connectivity index (χ2n) is 7.05. The van der Waals surface area contributed by atoms with Gasteiger partial charge in [0.15, 0.2) is 0 Å². The first-order chi connectivity index (χ1) is 16.1. The Morgan fingerprint density at radius 2 is 1.59 bits per heavy atom. The van der Waals surface area contributed by atoms with Crippen molar-refractivity contribution < 1.29 is 22.7 Å². The van der Waals surface area contributed by atoms with Crippen LogP contribution in [0.1, 0.15) is 15.9 Å². The van der Waals surface area contributed by atoms with Crippen molar-refractivity contribution in [1.82, 2.24) is 4.31 Å². The molecule has 1 N–H and O–H groups in total. The van der Waals surface area contributed by atoms with E-state index >= 15 is 0 Å². The highest BCUT2D eigenvalue weighted by Crippen LogP contribution is 2.26. The molecule has 7 nitrogen and oxygen atoms in total. The fourth-order valence-electron chi connectivity index (χ4n) is 3.05. The Labute approximate surface area is 212 Å². The lowest BCUT2D eigenvalue weighted by Crippen LogP contribution is -2.37. The van der Waals surface area contributed by atoms with Crippen LogP contribution in [-0.4, -0.2) is 38.3 Å². The number of para-hydroxylation sites is 1. The number of hydrogen-bond donors (Lipinski definition) is 1. The number of hydrogen-bond acceptors (Lipinski definition) is 5. The summed E-state index contributed by atoms with van der Waals surface area (Å²) in [4.78, 5) is 24.9. The Bertz CT molecular complexity index is 1310. The lowest BCUT2D eigenvalue weighted by atomic mass is 10.2. The zero-order valence-electron chi connectivity index (χ0n) is 17.8. The number of benzene rings is 3. The average molecular weight is 542 g/mol. The normalized spacial score (nSPS) is 11.3. The number of carbonyl (C=O) groups is 2. The van der Waals surface area contributed by atoms with Crippen LogP contribution in [0.5, 0.6) is 0 Å². The summed E-state index contributed by atoms with van der Waals surface area (Å²) in [5.41, 5.74) is 0.769. The van der Waals surface area contributed by atoms with Gasteiger partial charge in [0.05, 0.1) is 29.8 Å². The molecule has 0 aliphatic rings. The van der Waals surface area contributed by atoms with Gasteiger partial charge in [-0.2, -0.15) is 4.31 Å². The van der Waals surface area contributed by atoms with Gasteiger partial charge < -0.3 is 10.1 Å². The maximum Gasteiger partial charge on any atom is 0.339 e. The van der Waals surface area contributed by atoms with E-state index in [1.165, 1.54) is 49.6 Å². The van der Waals surface area contributed by atoms with Crippen LogP contribution in [0.25, 0.3) is 0 Å². The highest BCUT2D eigenvalue weighted by molar-refractivity contribution is 7.89. The first-order valence-electron chi connectivity index (χ1n) is 9.78. The highest BCUT2D eigenvalue weighted by atomic mass is 35.5. The van der Waals surface area contributed by atoms with Crippen LogP contribution in [-0.2, 0) is 26.1 Å². The first kappa shape index (κ1) is 26.0. The summed E-state index contributed by atoms with van der Waals surface area (Å²) < 4.78 is 32.5. The van der Waals surface area contributed by atoms with Crippen molar-refractivity contribution in [2.75, 3.05) is 19.0 Å². The minimum Gasteiger partial charge on any atom is -0.465 e. The molecule has 0 aromatic heterocycles. The van der Waals surface area contributed by atoms with E-state index in [0.29, 0.717) is 15.6 Å². The number of nitrogens with zero attached hydrogens (tertiary/aromatic N) is 1. The van der Waals surface area contributed by atoms with E-state index in [1.807, 2.05) is 0 Å². The van der Waals surface area contributed by atoms with Crippen LogP contribution in [0.3, 0.4) is 0 Å². The van der Waals surface area contributed by atoms with Crippen molar-refractivity contribution in [3.05, 3.63) is 92.9 Å². The van der Waals surface area contributed by atoms with Crippen LogP contribution in [0.15, 0.2) is 71.6 Å². The molecule has 0 unspecified atom stereocenters. The smallest absolute Gasteiger partial charge is 0.339 e. The van der Waals surface area contributed by atoms with Gasteiger partial charge in [-0.1, -0.05) is 53.0 Å². The van der Waals surface area contributed by atoms with Gasteiger partial charge in [-0.05, 0) is 54.1 Å². The van der Waals surface area contributed by atoms with Crippen LogP contribution >= 0.6 is 34.8 Å². The quantitative estimate of drug-likeness (QED) is 0.393. The lowest BCUT2D eigenvalue weighted by Gasteiger charge is -2.23.